The van der Waals surface area contributed by atoms with Gasteiger partial charge in [-0.2, -0.15) is 5.26 Å². The molecule has 1 unspecified atom stereocenters. The molecular weight excluding hydrogens is 429 g/mol. The van der Waals surface area contributed by atoms with E-state index in [0.717, 1.165) is 11.1 Å². The highest BCUT2D eigenvalue weighted by atomic mass is 32.1. The first-order valence-corrected chi connectivity index (χ1v) is 10.6. The summed E-state index contributed by atoms with van der Waals surface area (Å²) in [5.74, 6) is 2.31. The number of thiazole rings is 1. The van der Waals surface area contributed by atoms with E-state index in [9.17, 15) is 19.6 Å². The number of hydrogen-bond donors (Lipinski definition) is 3. The van der Waals surface area contributed by atoms with Crippen LogP contribution in [0.3, 0.4) is 0 Å². The van der Waals surface area contributed by atoms with E-state index in [1.54, 1.807) is 29.8 Å². The molecule has 3 aromatic rings. The molecule has 32 heavy (non-hydrogen) atoms. The largest absolute Gasteiger partial charge is 0.394 e. The van der Waals surface area contributed by atoms with Crippen LogP contribution in [-0.2, 0) is 5.41 Å². The Balaban J connectivity index is 1.51. The molecule has 1 saturated carbocycles. The quantitative estimate of drug-likeness (QED) is 0.499. The minimum absolute atomic E-state index is 0.316. The number of benzene rings is 1. The smallest absolute Gasteiger partial charge is 0.321 e. The van der Waals surface area contributed by atoms with Crippen molar-refractivity contribution in [1.82, 2.24) is 15.3 Å². The van der Waals surface area contributed by atoms with Crippen molar-refractivity contribution in [3.8, 4) is 29.5 Å². The van der Waals surface area contributed by atoms with Gasteiger partial charge in [-0.1, -0.05) is 12.1 Å². The third-order valence-electron chi connectivity index (χ3n) is 5.27. The number of rotatable bonds is 6. The zero-order chi connectivity index (χ0) is 22.7. The Morgan fingerprint density at radius 3 is 2.78 bits per heavy atom. The second-order valence-electron chi connectivity index (χ2n) is 7.37. The van der Waals surface area contributed by atoms with Crippen molar-refractivity contribution in [2.45, 2.75) is 24.3 Å². The molecule has 1 aromatic carbocycles. The second kappa shape index (κ2) is 8.75. The number of aliphatic hydroxyl groups excluding tert-OH is 1. The lowest BCUT2D eigenvalue weighted by molar-refractivity contribution is 0.224. The molecule has 0 aliphatic heterocycles. The number of halogens is 1. The van der Waals surface area contributed by atoms with Gasteiger partial charge in [-0.15, -0.1) is 17.8 Å². The molecule has 1 fully saturated rings. The van der Waals surface area contributed by atoms with Crippen LogP contribution in [0.25, 0.3) is 11.1 Å². The van der Waals surface area contributed by atoms with Crippen molar-refractivity contribution in [3.05, 3.63) is 64.0 Å². The molecule has 2 aromatic heterocycles. The molecule has 0 saturated heterocycles. The van der Waals surface area contributed by atoms with Gasteiger partial charge < -0.3 is 10.4 Å². The highest BCUT2D eigenvalue weighted by Crippen LogP contribution is 2.50. The van der Waals surface area contributed by atoms with Gasteiger partial charge in [-0.25, -0.2) is 14.2 Å². The molecule has 1 atom stereocenters. The van der Waals surface area contributed by atoms with E-state index < -0.39 is 17.5 Å². The molecule has 7 nitrogen and oxygen atoms in total. The van der Waals surface area contributed by atoms with Crippen molar-refractivity contribution in [3.63, 3.8) is 0 Å². The average Bonchev–Trinajstić information content (AvgIpc) is 3.49. The fourth-order valence-electron chi connectivity index (χ4n) is 3.42. The van der Waals surface area contributed by atoms with E-state index in [-0.39, 0.29) is 12.4 Å². The van der Waals surface area contributed by atoms with Gasteiger partial charge in [0.15, 0.2) is 5.01 Å². The molecule has 3 N–H and O–H groups in total. The first kappa shape index (κ1) is 21.4. The number of pyridine rings is 1. The van der Waals surface area contributed by atoms with Gasteiger partial charge >= 0.3 is 6.03 Å². The maximum atomic E-state index is 13.9. The third kappa shape index (κ3) is 4.30. The zero-order valence-electron chi connectivity index (χ0n) is 16.8. The Morgan fingerprint density at radius 1 is 1.38 bits per heavy atom. The summed E-state index contributed by atoms with van der Waals surface area (Å²) in [5.41, 5.74) is 1.90. The highest BCUT2D eigenvalue weighted by Gasteiger charge is 2.46. The predicted octanol–water partition coefficient (Wildman–Crippen LogP) is 3.74. The van der Waals surface area contributed by atoms with Gasteiger partial charge in [0.25, 0.3) is 0 Å². The summed E-state index contributed by atoms with van der Waals surface area (Å²) >= 11 is 1.23. The van der Waals surface area contributed by atoms with Crippen molar-refractivity contribution in [2.24, 2.45) is 0 Å². The molecule has 1 aliphatic rings. The molecule has 0 spiro atoms. The van der Waals surface area contributed by atoms with E-state index >= 15 is 0 Å². The summed E-state index contributed by atoms with van der Waals surface area (Å²) in [5, 5.41) is 26.6. The summed E-state index contributed by atoms with van der Waals surface area (Å²) in [6, 6.07) is 8.84. The van der Waals surface area contributed by atoms with Crippen LogP contribution in [0.2, 0.25) is 0 Å². The maximum absolute atomic E-state index is 13.9. The standard InChI is InChI=1S/C23H18FN5O2S/c1-2-21-28-20(12-32-21)29-22(31)27-19(11-30)18-6-3-14(10-26-18)16-5-4-15(24)9-17(16)23(13-25)7-8-23/h1,3-6,9-10,12,19,30H,7-8,11H2,(H2,27,29,31). The van der Waals surface area contributed by atoms with Gasteiger partial charge in [-0.05, 0) is 48.1 Å². The summed E-state index contributed by atoms with van der Waals surface area (Å²) in [6.45, 7) is -0.369. The summed E-state index contributed by atoms with van der Waals surface area (Å²) in [4.78, 5) is 20.7. The zero-order valence-corrected chi connectivity index (χ0v) is 17.6. The van der Waals surface area contributed by atoms with Crippen LogP contribution in [0.4, 0.5) is 15.0 Å². The SMILES string of the molecule is C#Cc1nc(NC(=O)NC(CO)c2ccc(-c3ccc(F)cc3C3(C#N)CC3)cn2)cs1. The van der Waals surface area contributed by atoms with E-state index in [1.165, 1.54) is 23.5 Å². The Morgan fingerprint density at radius 2 is 2.19 bits per heavy atom. The number of nitriles is 1. The second-order valence-corrected chi connectivity index (χ2v) is 8.23. The Labute approximate surface area is 188 Å². The normalized spacial score (nSPS) is 14.6. The van der Waals surface area contributed by atoms with Gasteiger partial charge in [0.05, 0.1) is 29.8 Å². The number of anilines is 1. The van der Waals surface area contributed by atoms with Crippen molar-refractivity contribution in [1.29, 1.82) is 5.26 Å². The lowest BCUT2D eigenvalue weighted by atomic mass is 9.89. The lowest BCUT2D eigenvalue weighted by Crippen LogP contribution is -2.34. The molecule has 2 amide bonds. The van der Waals surface area contributed by atoms with E-state index in [1.807, 2.05) is 0 Å². The Hall–Kier alpha value is -3.79. The summed E-state index contributed by atoms with van der Waals surface area (Å²) < 4.78 is 13.9. The minimum Gasteiger partial charge on any atom is -0.394 e. The number of amides is 2. The Kier molecular flexibility index (Phi) is 5.87. The van der Waals surface area contributed by atoms with Crippen LogP contribution in [0.1, 0.15) is 35.1 Å². The number of aliphatic hydroxyl groups is 1. The number of hydrogen-bond acceptors (Lipinski definition) is 6. The van der Waals surface area contributed by atoms with Crippen molar-refractivity contribution < 1.29 is 14.3 Å². The minimum atomic E-state index is -0.753. The molecule has 2 heterocycles. The number of carbonyl (C=O) groups is 1. The van der Waals surface area contributed by atoms with Crippen LogP contribution in [0.15, 0.2) is 41.9 Å². The number of aromatic nitrogens is 2. The lowest BCUT2D eigenvalue weighted by Gasteiger charge is -2.17. The fraction of sp³-hybridized carbons (Fsp3) is 0.217. The first-order valence-electron chi connectivity index (χ1n) is 9.76. The maximum Gasteiger partial charge on any atom is 0.321 e. The number of carbonyl (C=O) groups excluding carboxylic acids is 1. The Bertz CT molecular complexity index is 1240. The predicted molar refractivity (Wildman–Crippen MR) is 118 cm³/mol. The molecule has 4 rings (SSSR count). The van der Waals surface area contributed by atoms with Crippen LogP contribution in [0.5, 0.6) is 0 Å². The van der Waals surface area contributed by atoms with Crippen LogP contribution in [-0.4, -0.2) is 27.7 Å². The van der Waals surface area contributed by atoms with Crippen LogP contribution < -0.4 is 10.6 Å². The van der Waals surface area contributed by atoms with Crippen molar-refractivity contribution >= 4 is 23.2 Å². The molecule has 1 aliphatic carbocycles. The number of nitrogens with one attached hydrogen (secondary N) is 2. The molecule has 9 heteroatoms. The molecule has 0 radical (unpaired) electrons. The van der Waals surface area contributed by atoms with Gasteiger partial charge in [0.2, 0.25) is 0 Å². The molecule has 0 bridgehead atoms. The number of urea groups is 1. The van der Waals surface area contributed by atoms with Gasteiger partial charge in [0.1, 0.15) is 11.6 Å². The topological polar surface area (TPSA) is 111 Å². The third-order valence-corrected chi connectivity index (χ3v) is 6.05. The number of nitrogens with zero attached hydrogens (tertiary/aromatic N) is 3. The van der Waals surface area contributed by atoms with E-state index in [2.05, 4.69) is 32.6 Å². The summed E-state index contributed by atoms with van der Waals surface area (Å²) in [6.07, 6.45) is 8.24. The van der Waals surface area contributed by atoms with Crippen LogP contribution >= 0.6 is 11.3 Å². The van der Waals surface area contributed by atoms with Crippen LogP contribution in [0, 0.1) is 29.5 Å². The number of terminal acetylenes is 1. The fourth-order valence-corrected chi connectivity index (χ4v) is 3.98. The molecule has 160 valence electrons. The average molecular weight is 447 g/mol. The molecular formula is C23H18FN5O2S. The van der Waals surface area contributed by atoms with Crippen molar-refractivity contribution in [2.75, 3.05) is 11.9 Å². The van der Waals surface area contributed by atoms with E-state index in [4.69, 9.17) is 6.42 Å². The van der Waals surface area contributed by atoms with Gasteiger partial charge in [-0.3, -0.25) is 10.3 Å². The van der Waals surface area contributed by atoms with Gasteiger partial charge in [0, 0.05) is 17.1 Å². The monoisotopic (exact) mass is 447 g/mol. The first-order chi connectivity index (χ1) is 15.5. The highest BCUT2D eigenvalue weighted by molar-refractivity contribution is 7.10. The summed E-state index contributed by atoms with van der Waals surface area (Å²) in [7, 11) is 0. The van der Waals surface area contributed by atoms with E-state index in [0.29, 0.717) is 34.9 Å².